The van der Waals surface area contributed by atoms with Gasteiger partial charge in [-0.3, -0.25) is 9.78 Å². The van der Waals surface area contributed by atoms with Crippen LogP contribution in [0.5, 0.6) is 0 Å². The average Bonchev–Trinajstić information content (AvgIpc) is 2.53. The molecular formula is C16H19N3O. The summed E-state index contributed by atoms with van der Waals surface area (Å²) in [5.74, 6) is 0.318. The number of hydrogen-bond donors (Lipinski definition) is 2. The molecule has 20 heavy (non-hydrogen) atoms. The lowest BCUT2D eigenvalue weighted by Gasteiger charge is -2.21. The lowest BCUT2D eigenvalue weighted by atomic mass is 9.97. The van der Waals surface area contributed by atoms with Crippen molar-refractivity contribution in [3.63, 3.8) is 0 Å². The second-order valence-corrected chi connectivity index (χ2v) is 5.23. The van der Waals surface area contributed by atoms with Crippen LogP contribution >= 0.6 is 0 Å². The molecule has 1 aromatic carbocycles. The minimum absolute atomic E-state index is 0.152. The lowest BCUT2D eigenvalue weighted by Crippen LogP contribution is -2.37. The van der Waals surface area contributed by atoms with Crippen LogP contribution in [0.15, 0.2) is 36.5 Å². The third-order valence-electron chi connectivity index (χ3n) is 3.88. The first-order valence-corrected chi connectivity index (χ1v) is 7.15. The quantitative estimate of drug-likeness (QED) is 0.894. The number of aromatic nitrogens is 1. The number of hydrogen-bond acceptors (Lipinski definition) is 3. The van der Waals surface area contributed by atoms with Gasteiger partial charge >= 0.3 is 0 Å². The molecule has 2 heterocycles. The summed E-state index contributed by atoms with van der Waals surface area (Å²) in [5, 5.41) is 7.44. The smallest absolute Gasteiger partial charge is 0.223 e. The highest BCUT2D eigenvalue weighted by Crippen LogP contribution is 2.16. The number of carbonyl (C=O) groups is 1. The number of piperidine rings is 1. The molecule has 0 atom stereocenters. The molecule has 104 valence electrons. The molecule has 0 unspecified atom stereocenters. The Labute approximate surface area is 118 Å². The predicted molar refractivity (Wildman–Crippen MR) is 79.2 cm³/mol. The summed E-state index contributed by atoms with van der Waals surface area (Å²) in [6, 6.07) is 10.1. The minimum Gasteiger partial charge on any atom is -0.352 e. The fourth-order valence-corrected chi connectivity index (χ4v) is 2.72. The first-order chi connectivity index (χ1) is 9.84. The van der Waals surface area contributed by atoms with Crippen molar-refractivity contribution in [3.05, 3.63) is 42.1 Å². The van der Waals surface area contributed by atoms with Crippen LogP contribution in [0.1, 0.15) is 18.4 Å². The molecule has 2 N–H and O–H groups in total. The molecule has 4 nitrogen and oxygen atoms in total. The highest BCUT2D eigenvalue weighted by atomic mass is 16.1. The Balaban J connectivity index is 1.69. The van der Waals surface area contributed by atoms with Gasteiger partial charge in [-0.2, -0.15) is 0 Å². The van der Waals surface area contributed by atoms with E-state index in [0.717, 1.165) is 42.4 Å². The van der Waals surface area contributed by atoms with Crippen LogP contribution < -0.4 is 10.6 Å². The molecule has 1 aliphatic heterocycles. The van der Waals surface area contributed by atoms with Crippen LogP contribution in [0.3, 0.4) is 0 Å². The summed E-state index contributed by atoms with van der Waals surface area (Å²) in [4.78, 5) is 16.6. The number of nitrogens with one attached hydrogen (secondary N) is 2. The summed E-state index contributed by atoms with van der Waals surface area (Å²) in [7, 11) is 0. The van der Waals surface area contributed by atoms with Crippen molar-refractivity contribution in [2.45, 2.75) is 19.4 Å². The van der Waals surface area contributed by atoms with Gasteiger partial charge in [0.15, 0.2) is 0 Å². The summed E-state index contributed by atoms with van der Waals surface area (Å²) >= 11 is 0. The Bertz CT molecular complexity index is 600. The van der Waals surface area contributed by atoms with Gasteiger partial charge in [-0.25, -0.2) is 0 Å². The van der Waals surface area contributed by atoms with E-state index < -0.39 is 0 Å². The van der Waals surface area contributed by atoms with Crippen LogP contribution in [-0.4, -0.2) is 24.0 Å². The number of pyridine rings is 1. The Morgan fingerprint density at radius 3 is 2.90 bits per heavy atom. The Hall–Kier alpha value is -1.94. The van der Waals surface area contributed by atoms with Crippen molar-refractivity contribution in [3.8, 4) is 0 Å². The van der Waals surface area contributed by atoms with Gasteiger partial charge in [0.2, 0.25) is 5.91 Å². The van der Waals surface area contributed by atoms with Crippen molar-refractivity contribution in [2.75, 3.05) is 13.1 Å². The molecule has 0 aliphatic carbocycles. The van der Waals surface area contributed by atoms with E-state index in [4.69, 9.17) is 0 Å². The zero-order chi connectivity index (χ0) is 13.8. The number of fused-ring (bicyclic) bond motifs is 1. The van der Waals surface area contributed by atoms with Crippen molar-refractivity contribution in [1.29, 1.82) is 0 Å². The van der Waals surface area contributed by atoms with Gasteiger partial charge in [0.05, 0.1) is 5.52 Å². The van der Waals surface area contributed by atoms with E-state index in [-0.39, 0.29) is 11.8 Å². The first kappa shape index (κ1) is 13.1. The van der Waals surface area contributed by atoms with Gasteiger partial charge in [-0.05, 0) is 37.6 Å². The number of rotatable bonds is 3. The van der Waals surface area contributed by atoms with Gasteiger partial charge < -0.3 is 10.6 Å². The largest absolute Gasteiger partial charge is 0.352 e. The number of nitrogens with zero attached hydrogens (tertiary/aromatic N) is 1. The molecular weight excluding hydrogens is 250 g/mol. The zero-order valence-electron chi connectivity index (χ0n) is 11.4. The van der Waals surface area contributed by atoms with E-state index in [0.29, 0.717) is 6.54 Å². The third kappa shape index (κ3) is 2.80. The number of para-hydroxylation sites is 1. The van der Waals surface area contributed by atoms with E-state index >= 15 is 0 Å². The summed E-state index contributed by atoms with van der Waals surface area (Å²) in [6.45, 7) is 2.43. The fraction of sp³-hybridized carbons (Fsp3) is 0.375. The highest BCUT2D eigenvalue weighted by molar-refractivity contribution is 5.83. The average molecular weight is 269 g/mol. The van der Waals surface area contributed by atoms with Crippen LogP contribution in [0, 0.1) is 5.92 Å². The van der Waals surface area contributed by atoms with Crippen molar-refractivity contribution in [1.82, 2.24) is 15.6 Å². The van der Waals surface area contributed by atoms with Crippen molar-refractivity contribution < 1.29 is 4.79 Å². The van der Waals surface area contributed by atoms with E-state index in [1.54, 1.807) is 6.20 Å². The van der Waals surface area contributed by atoms with Crippen molar-refractivity contribution in [2.24, 2.45) is 5.92 Å². The van der Waals surface area contributed by atoms with E-state index in [1.807, 2.05) is 30.3 Å². The molecule has 0 spiro atoms. The molecule has 1 aliphatic rings. The Morgan fingerprint density at radius 1 is 1.25 bits per heavy atom. The second kappa shape index (κ2) is 6.01. The molecule has 1 fully saturated rings. The molecule has 3 rings (SSSR count). The highest BCUT2D eigenvalue weighted by Gasteiger charge is 2.20. The van der Waals surface area contributed by atoms with Gasteiger partial charge in [-0.15, -0.1) is 0 Å². The van der Waals surface area contributed by atoms with Gasteiger partial charge in [-0.1, -0.05) is 24.3 Å². The van der Waals surface area contributed by atoms with Crippen LogP contribution in [0.25, 0.3) is 10.9 Å². The monoisotopic (exact) mass is 269 g/mol. The summed E-state index contributed by atoms with van der Waals surface area (Å²) < 4.78 is 0. The van der Waals surface area contributed by atoms with Crippen LogP contribution in [0.2, 0.25) is 0 Å². The molecule has 1 amide bonds. The standard InChI is InChI=1S/C16H19N3O/c20-16(13-6-9-17-10-7-13)19-11-14-4-1-3-12-5-2-8-18-15(12)14/h1-5,8,13,17H,6-7,9-11H2,(H,19,20). The maximum Gasteiger partial charge on any atom is 0.223 e. The number of amides is 1. The second-order valence-electron chi connectivity index (χ2n) is 5.23. The normalized spacial score (nSPS) is 16.2. The van der Waals surface area contributed by atoms with E-state index in [9.17, 15) is 4.79 Å². The first-order valence-electron chi connectivity index (χ1n) is 7.15. The van der Waals surface area contributed by atoms with Gasteiger partial charge in [0, 0.05) is 24.0 Å². The molecule has 0 bridgehead atoms. The number of carbonyl (C=O) groups excluding carboxylic acids is 1. The predicted octanol–water partition coefficient (Wildman–Crippen LogP) is 1.85. The molecule has 0 radical (unpaired) electrons. The third-order valence-corrected chi connectivity index (χ3v) is 3.88. The van der Waals surface area contributed by atoms with Crippen LogP contribution in [0.4, 0.5) is 0 Å². The molecule has 1 aromatic heterocycles. The maximum atomic E-state index is 12.1. The summed E-state index contributed by atoms with van der Waals surface area (Å²) in [5.41, 5.74) is 2.05. The molecule has 2 aromatic rings. The van der Waals surface area contributed by atoms with Crippen molar-refractivity contribution >= 4 is 16.8 Å². The molecule has 0 saturated carbocycles. The SMILES string of the molecule is O=C(NCc1cccc2cccnc12)C1CCNCC1. The molecule has 1 saturated heterocycles. The topological polar surface area (TPSA) is 54.0 Å². The number of benzene rings is 1. The zero-order valence-corrected chi connectivity index (χ0v) is 11.4. The summed E-state index contributed by atoms with van der Waals surface area (Å²) in [6.07, 6.45) is 3.65. The minimum atomic E-state index is 0.152. The lowest BCUT2D eigenvalue weighted by molar-refractivity contribution is -0.125. The maximum absolute atomic E-state index is 12.1. The van der Waals surface area contributed by atoms with Crippen LogP contribution in [-0.2, 0) is 11.3 Å². The molecule has 4 heteroatoms. The van der Waals surface area contributed by atoms with E-state index in [2.05, 4.69) is 15.6 Å². The Morgan fingerprint density at radius 2 is 2.05 bits per heavy atom. The van der Waals surface area contributed by atoms with E-state index in [1.165, 1.54) is 0 Å². The van der Waals surface area contributed by atoms with Gasteiger partial charge in [0.25, 0.3) is 0 Å². The fourth-order valence-electron chi connectivity index (χ4n) is 2.72. The van der Waals surface area contributed by atoms with Gasteiger partial charge in [0.1, 0.15) is 0 Å². The Kier molecular flexibility index (Phi) is 3.92.